The van der Waals surface area contributed by atoms with E-state index in [1.165, 1.54) is 6.08 Å². The van der Waals surface area contributed by atoms with Crippen molar-refractivity contribution in [2.75, 3.05) is 12.5 Å². The van der Waals surface area contributed by atoms with Crippen molar-refractivity contribution >= 4 is 17.5 Å². The monoisotopic (exact) mass is 177 g/mol. The van der Waals surface area contributed by atoms with Gasteiger partial charge in [-0.1, -0.05) is 5.57 Å². The Hall–Kier alpha value is -0.540. The molecule has 0 spiro atoms. The second-order valence-corrected chi connectivity index (χ2v) is 2.60. The lowest BCUT2D eigenvalue weighted by Gasteiger charge is -1.99. The highest BCUT2D eigenvalue weighted by molar-refractivity contribution is 6.17. The fraction of sp³-hybridized carbons (Fsp3) is 0.571. The molecule has 3 nitrogen and oxygen atoms in total. The first-order valence-electron chi connectivity index (χ1n) is 3.29. The molecule has 4 heteroatoms. The van der Waals surface area contributed by atoms with Crippen molar-refractivity contribution in [3.63, 3.8) is 0 Å². The van der Waals surface area contributed by atoms with E-state index in [0.29, 0.717) is 12.5 Å². The van der Waals surface area contributed by atoms with Crippen LogP contribution in [0.25, 0.3) is 0 Å². The summed E-state index contributed by atoms with van der Waals surface area (Å²) in [6.07, 6.45) is 1.45. The minimum atomic E-state index is -0.255. The van der Waals surface area contributed by atoms with Gasteiger partial charge in [0.25, 0.3) is 5.91 Å². The number of hydrogen-bond acceptors (Lipinski definition) is 2. The molecule has 0 saturated heterocycles. The molecular formula is C7H12ClNO2. The van der Waals surface area contributed by atoms with E-state index in [1.807, 2.05) is 13.8 Å². The summed E-state index contributed by atoms with van der Waals surface area (Å²) in [7, 11) is 0. The SMILES string of the molecule is CC(C)=CC(=O)NOCCCl. The van der Waals surface area contributed by atoms with Crippen LogP contribution in [0.4, 0.5) is 0 Å². The third-order valence-electron chi connectivity index (χ3n) is 0.772. The van der Waals surface area contributed by atoms with Crippen molar-refractivity contribution in [2.45, 2.75) is 13.8 Å². The van der Waals surface area contributed by atoms with E-state index in [9.17, 15) is 4.79 Å². The average Bonchev–Trinajstić information content (AvgIpc) is 1.86. The molecule has 0 heterocycles. The van der Waals surface area contributed by atoms with Crippen molar-refractivity contribution in [1.29, 1.82) is 0 Å². The third-order valence-corrected chi connectivity index (χ3v) is 0.926. The van der Waals surface area contributed by atoms with E-state index in [1.54, 1.807) is 0 Å². The molecule has 0 aromatic heterocycles. The summed E-state index contributed by atoms with van der Waals surface area (Å²) < 4.78 is 0. The lowest BCUT2D eigenvalue weighted by atomic mass is 10.3. The van der Waals surface area contributed by atoms with E-state index in [-0.39, 0.29) is 5.91 Å². The predicted octanol–water partition coefficient (Wildman–Crippen LogP) is 1.24. The molecule has 0 bridgehead atoms. The number of nitrogens with one attached hydrogen (secondary N) is 1. The minimum absolute atomic E-state index is 0.255. The minimum Gasteiger partial charge on any atom is -0.272 e. The lowest BCUT2D eigenvalue weighted by Crippen LogP contribution is -2.22. The molecule has 0 atom stereocenters. The molecule has 0 radical (unpaired) electrons. The number of carbonyl (C=O) groups is 1. The van der Waals surface area contributed by atoms with Gasteiger partial charge < -0.3 is 0 Å². The van der Waals surface area contributed by atoms with Gasteiger partial charge in [0, 0.05) is 12.0 Å². The van der Waals surface area contributed by atoms with Gasteiger partial charge in [0.05, 0.1) is 6.61 Å². The van der Waals surface area contributed by atoms with Crippen molar-refractivity contribution < 1.29 is 9.63 Å². The molecule has 0 aliphatic rings. The van der Waals surface area contributed by atoms with Crippen LogP contribution in [0.2, 0.25) is 0 Å². The summed E-state index contributed by atoms with van der Waals surface area (Å²) in [6, 6.07) is 0. The Morgan fingerprint density at radius 1 is 1.64 bits per heavy atom. The maximum atomic E-state index is 10.8. The Kier molecular flexibility index (Phi) is 5.88. The van der Waals surface area contributed by atoms with Gasteiger partial charge in [-0.2, -0.15) is 0 Å². The van der Waals surface area contributed by atoms with Gasteiger partial charge in [-0.15, -0.1) is 11.6 Å². The van der Waals surface area contributed by atoms with Crippen molar-refractivity contribution in [3.05, 3.63) is 11.6 Å². The maximum absolute atomic E-state index is 10.8. The van der Waals surface area contributed by atoms with Gasteiger partial charge in [0.1, 0.15) is 0 Å². The average molecular weight is 178 g/mol. The lowest BCUT2D eigenvalue weighted by molar-refractivity contribution is -0.128. The van der Waals surface area contributed by atoms with E-state index in [0.717, 1.165) is 5.57 Å². The van der Waals surface area contributed by atoms with E-state index < -0.39 is 0 Å². The summed E-state index contributed by atoms with van der Waals surface area (Å²) in [5.41, 5.74) is 3.14. The molecule has 0 aliphatic carbocycles. The smallest absolute Gasteiger partial charge is 0.267 e. The Morgan fingerprint density at radius 2 is 2.27 bits per heavy atom. The van der Waals surface area contributed by atoms with Crippen LogP contribution < -0.4 is 5.48 Å². The van der Waals surface area contributed by atoms with Gasteiger partial charge in [0.15, 0.2) is 0 Å². The van der Waals surface area contributed by atoms with Crippen LogP contribution in [0.3, 0.4) is 0 Å². The second-order valence-electron chi connectivity index (χ2n) is 2.23. The standard InChI is InChI=1S/C7H12ClNO2/c1-6(2)5-7(10)9-11-4-3-8/h5H,3-4H2,1-2H3,(H,9,10). The van der Waals surface area contributed by atoms with Crippen LogP contribution in [-0.4, -0.2) is 18.4 Å². The Balaban J connectivity index is 3.46. The van der Waals surface area contributed by atoms with E-state index in [4.69, 9.17) is 11.6 Å². The van der Waals surface area contributed by atoms with Gasteiger partial charge in [-0.25, -0.2) is 5.48 Å². The highest BCUT2D eigenvalue weighted by atomic mass is 35.5. The molecule has 0 aliphatic heterocycles. The van der Waals surface area contributed by atoms with Crippen LogP contribution in [0.5, 0.6) is 0 Å². The van der Waals surface area contributed by atoms with Gasteiger partial charge in [0.2, 0.25) is 0 Å². The van der Waals surface area contributed by atoms with Gasteiger partial charge >= 0.3 is 0 Å². The van der Waals surface area contributed by atoms with Crippen LogP contribution in [-0.2, 0) is 9.63 Å². The van der Waals surface area contributed by atoms with Crippen molar-refractivity contribution in [3.8, 4) is 0 Å². The second kappa shape index (κ2) is 6.19. The topological polar surface area (TPSA) is 38.3 Å². The molecule has 11 heavy (non-hydrogen) atoms. The van der Waals surface area contributed by atoms with E-state index >= 15 is 0 Å². The molecule has 0 aromatic rings. The molecule has 0 aromatic carbocycles. The summed E-state index contributed by atoms with van der Waals surface area (Å²) >= 11 is 5.30. The summed E-state index contributed by atoms with van der Waals surface area (Å²) in [4.78, 5) is 15.4. The normalized spacial score (nSPS) is 9.00. The number of halogens is 1. The van der Waals surface area contributed by atoms with Crippen LogP contribution in [0, 0.1) is 0 Å². The third kappa shape index (κ3) is 7.36. The van der Waals surface area contributed by atoms with Crippen LogP contribution in [0.1, 0.15) is 13.8 Å². The molecule has 1 N–H and O–H groups in total. The summed E-state index contributed by atoms with van der Waals surface area (Å²) in [5, 5.41) is 0. The number of amides is 1. The summed E-state index contributed by atoms with van der Waals surface area (Å²) in [6.45, 7) is 3.99. The molecule has 64 valence electrons. The zero-order valence-electron chi connectivity index (χ0n) is 6.69. The predicted molar refractivity (Wildman–Crippen MR) is 44.2 cm³/mol. The number of alkyl halides is 1. The van der Waals surface area contributed by atoms with Crippen molar-refractivity contribution in [2.24, 2.45) is 0 Å². The largest absolute Gasteiger partial charge is 0.272 e. The first kappa shape index (κ1) is 10.5. The Bertz CT molecular complexity index is 153. The van der Waals surface area contributed by atoms with Crippen LogP contribution >= 0.6 is 11.6 Å². The fourth-order valence-electron chi connectivity index (χ4n) is 0.452. The van der Waals surface area contributed by atoms with Gasteiger partial charge in [-0.05, 0) is 13.8 Å². The summed E-state index contributed by atoms with van der Waals surface area (Å²) in [5.74, 6) is 0.116. The van der Waals surface area contributed by atoms with Crippen molar-refractivity contribution in [1.82, 2.24) is 5.48 Å². The quantitative estimate of drug-likeness (QED) is 0.304. The molecule has 0 rings (SSSR count). The van der Waals surface area contributed by atoms with E-state index in [2.05, 4.69) is 10.3 Å². The number of allylic oxidation sites excluding steroid dienone is 1. The Morgan fingerprint density at radius 3 is 2.73 bits per heavy atom. The molecular weight excluding hydrogens is 166 g/mol. The van der Waals surface area contributed by atoms with Crippen LogP contribution in [0.15, 0.2) is 11.6 Å². The highest BCUT2D eigenvalue weighted by Gasteiger charge is 1.93. The highest BCUT2D eigenvalue weighted by Crippen LogP contribution is 1.86. The molecule has 0 saturated carbocycles. The fourth-order valence-corrected chi connectivity index (χ4v) is 0.530. The number of rotatable bonds is 4. The number of hydroxylamine groups is 1. The number of hydrogen-bond donors (Lipinski definition) is 1. The Labute approximate surface area is 71.3 Å². The zero-order valence-corrected chi connectivity index (χ0v) is 7.44. The zero-order chi connectivity index (χ0) is 8.69. The molecule has 0 fully saturated rings. The number of carbonyl (C=O) groups excluding carboxylic acids is 1. The maximum Gasteiger partial charge on any atom is 0.267 e. The molecule has 1 amide bonds. The first-order valence-corrected chi connectivity index (χ1v) is 3.83. The first-order chi connectivity index (χ1) is 5.16. The van der Waals surface area contributed by atoms with Gasteiger partial charge in [-0.3, -0.25) is 9.63 Å². The molecule has 0 unspecified atom stereocenters.